The van der Waals surface area contributed by atoms with Crippen LogP contribution in [0.25, 0.3) is 0 Å². The minimum atomic E-state index is -0.567. The molecular formula is C30H36N2O2. The summed E-state index contributed by atoms with van der Waals surface area (Å²) >= 11 is 0. The highest BCUT2D eigenvalue weighted by molar-refractivity contribution is 5.88. The molecule has 178 valence electrons. The Hall–Kier alpha value is -3.40. The highest BCUT2D eigenvalue weighted by Crippen LogP contribution is 2.29. The van der Waals surface area contributed by atoms with Crippen LogP contribution in [0, 0.1) is 0 Å². The number of rotatable bonds is 9. The average molecular weight is 457 g/mol. The maximum Gasteiger partial charge on any atom is 0.242 e. The van der Waals surface area contributed by atoms with Crippen LogP contribution in [0.2, 0.25) is 0 Å². The summed E-state index contributed by atoms with van der Waals surface area (Å²) in [6.45, 7) is 8.17. The summed E-state index contributed by atoms with van der Waals surface area (Å²) in [5.74, 6) is -0.234. The molecule has 1 N–H and O–H groups in total. The summed E-state index contributed by atoms with van der Waals surface area (Å²) in [4.78, 5) is 28.6. The van der Waals surface area contributed by atoms with Gasteiger partial charge in [0.1, 0.15) is 6.04 Å². The molecule has 0 fully saturated rings. The molecule has 0 bridgehead atoms. The van der Waals surface area contributed by atoms with Gasteiger partial charge in [0.25, 0.3) is 0 Å². The van der Waals surface area contributed by atoms with Crippen LogP contribution in [0.3, 0.4) is 0 Å². The van der Waals surface area contributed by atoms with E-state index in [4.69, 9.17) is 0 Å². The van der Waals surface area contributed by atoms with Gasteiger partial charge in [-0.05, 0) is 50.8 Å². The van der Waals surface area contributed by atoms with E-state index >= 15 is 0 Å². The minimum Gasteiger partial charge on any atom is -0.350 e. The topological polar surface area (TPSA) is 49.4 Å². The Morgan fingerprint density at radius 2 is 1.26 bits per heavy atom. The summed E-state index contributed by atoms with van der Waals surface area (Å²) in [5.41, 5.74) is 2.97. The Labute approximate surface area is 204 Å². The van der Waals surface area contributed by atoms with E-state index in [1.807, 2.05) is 82.3 Å². The zero-order valence-electron chi connectivity index (χ0n) is 20.7. The molecule has 0 aliphatic rings. The van der Waals surface area contributed by atoms with Crippen molar-refractivity contribution in [3.8, 4) is 0 Å². The van der Waals surface area contributed by atoms with Gasteiger partial charge >= 0.3 is 0 Å². The van der Waals surface area contributed by atoms with E-state index in [0.717, 1.165) is 16.7 Å². The summed E-state index contributed by atoms with van der Waals surface area (Å²) < 4.78 is 0. The fourth-order valence-corrected chi connectivity index (χ4v) is 4.13. The zero-order chi connectivity index (χ0) is 24.6. The van der Waals surface area contributed by atoms with Crippen LogP contribution in [0.15, 0.2) is 91.0 Å². The van der Waals surface area contributed by atoms with Crippen molar-refractivity contribution >= 4 is 11.8 Å². The van der Waals surface area contributed by atoms with Gasteiger partial charge in [-0.25, -0.2) is 0 Å². The molecule has 0 aliphatic carbocycles. The van der Waals surface area contributed by atoms with Gasteiger partial charge in [-0.15, -0.1) is 0 Å². The van der Waals surface area contributed by atoms with Crippen LogP contribution in [-0.4, -0.2) is 34.8 Å². The van der Waals surface area contributed by atoms with Crippen molar-refractivity contribution in [2.45, 2.75) is 58.0 Å². The van der Waals surface area contributed by atoms with Gasteiger partial charge in [0.05, 0.1) is 0 Å². The van der Waals surface area contributed by atoms with E-state index in [1.54, 1.807) is 4.90 Å². The SMILES string of the molecule is C[C@H](C(=O)NC(C)(C)C)N(CCc1ccccc1)C(=O)CC(c1ccccc1)c1ccccc1. The van der Waals surface area contributed by atoms with Crippen LogP contribution in [-0.2, 0) is 16.0 Å². The molecule has 2 amide bonds. The van der Waals surface area contributed by atoms with E-state index in [9.17, 15) is 9.59 Å². The molecule has 0 unspecified atom stereocenters. The standard InChI is InChI=1S/C30H36N2O2/c1-23(29(34)31-30(2,3)4)32(21-20-24-14-8-5-9-15-24)28(33)22-27(25-16-10-6-11-17-25)26-18-12-7-13-19-26/h5-19,23,27H,20-22H2,1-4H3,(H,31,34)/t23-/m1/s1. The molecule has 4 heteroatoms. The lowest BCUT2D eigenvalue weighted by Gasteiger charge is -2.32. The van der Waals surface area contributed by atoms with Crippen LogP contribution in [0.1, 0.15) is 56.7 Å². The monoisotopic (exact) mass is 456 g/mol. The summed E-state index contributed by atoms with van der Waals surface area (Å²) in [5, 5.41) is 3.04. The van der Waals surface area contributed by atoms with Crippen molar-refractivity contribution in [3.63, 3.8) is 0 Å². The molecule has 3 aromatic carbocycles. The Balaban J connectivity index is 1.86. The maximum absolute atomic E-state index is 13.8. The highest BCUT2D eigenvalue weighted by Gasteiger charge is 2.30. The van der Waals surface area contributed by atoms with Crippen molar-refractivity contribution in [3.05, 3.63) is 108 Å². The third-order valence-corrected chi connectivity index (χ3v) is 5.93. The second-order valence-electron chi connectivity index (χ2n) is 9.82. The molecule has 34 heavy (non-hydrogen) atoms. The summed E-state index contributed by atoms with van der Waals surface area (Å²) in [7, 11) is 0. The first kappa shape index (κ1) is 25.2. The van der Waals surface area contributed by atoms with E-state index < -0.39 is 6.04 Å². The van der Waals surface area contributed by atoms with Crippen molar-refractivity contribution < 1.29 is 9.59 Å². The molecule has 3 aromatic rings. The lowest BCUT2D eigenvalue weighted by molar-refractivity contribution is -0.140. The molecular weight excluding hydrogens is 420 g/mol. The van der Waals surface area contributed by atoms with E-state index in [1.165, 1.54) is 0 Å². The van der Waals surface area contributed by atoms with Crippen molar-refractivity contribution in [2.75, 3.05) is 6.54 Å². The number of carbonyl (C=O) groups excluding carboxylic acids is 2. The Morgan fingerprint density at radius 3 is 1.74 bits per heavy atom. The van der Waals surface area contributed by atoms with Gasteiger partial charge in [-0.3, -0.25) is 9.59 Å². The lowest BCUT2D eigenvalue weighted by atomic mass is 9.88. The number of hydrogen-bond donors (Lipinski definition) is 1. The van der Waals surface area contributed by atoms with Crippen LogP contribution in [0.4, 0.5) is 0 Å². The zero-order valence-corrected chi connectivity index (χ0v) is 20.7. The van der Waals surface area contributed by atoms with Gasteiger partial charge in [-0.1, -0.05) is 91.0 Å². The molecule has 0 aliphatic heterocycles. The van der Waals surface area contributed by atoms with Crippen molar-refractivity contribution in [2.24, 2.45) is 0 Å². The first-order valence-corrected chi connectivity index (χ1v) is 12.0. The number of nitrogens with one attached hydrogen (secondary N) is 1. The molecule has 0 spiro atoms. The number of carbonyl (C=O) groups is 2. The molecule has 0 radical (unpaired) electrons. The highest BCUT2D eigenvalue weighted by atomic mass is 16.2. The number of hydrogen-bond acceptors (Lipinski definition) is 2. The number of benzene rings is 3. The predicted molar refractivity (Wildman–Crippen MR) is 139 cm³/mol. The lowest BCUT2D eigenvalue weighted by Crippen LogP contribution is -2.53. The maximum atomic E-state index is 13.8. The van der Waals surface area contributed by atoms with E-state index in [-0.39, 0.29) is 23.3 Å². The first-order valence-electron chi connectivity index (χ1n) is 12.0. The normalized spacial score (nSPS) is 12.3. The third kappa shape index (κ3) is 7.31. The van der Waals surface area contributed by atoms with Crippen molar-refractivity contribution in [1.82, 2.24) is 10.2 Å². The number of amides is 2. The van der Waals surface area contributed by atoms with Gasteiger partial charge < -0.3 is 10.2 Å². The largest absolute Gasteiger partial charge is 0.350 e. The van der Waals surface area contributed by atoms with E-state index in [0.29, 0.717) is 19.4 Å². The quantitative estimate of drug-likeness (QED) is 0.457. The van der Waals surface area contributed by atoms with Gasteiger partial charge in [-0.2, -0.15) is 0 Å². The minimum absolute atomic E-state index is 0.0230. The first-order chi connectivity index (χ1) is 16.2. The second-order valence-corrected chi connectivity index (χ2v) is 9.82. The fourth-order valence-electron chi connectivity index (χ4n) is 4.13. The molecule has 0 saturated carbocycles. The third-order valence-electron chi connectivity index (χ3n) is 5.93. The number of nitrogens with zero attached hydrogens (tertiary/aromatic N) is 1. The molecule has 0 heterocycles. The smallest absolute Gasteiger partial charge is 0.242 e. The molecule has 0 aromatic heterocycles. The van der Waals surface area contributed by atoms with Gasteiger partial charge in [0.15, 0.2) is 0 Å². The van der Waals surface area contributed by atoms with Crippen LogP contribution < -0.4 is 5.32 Å². The summed E-state index contributed by atoms with van der Waals surface area (Å²) in [6, 6.07) is 29.8. The van der Waals surface area contributed by atoms with Crippen LogP contribution in [0.5, 0.6) is 0 Å². The predicted octanol–water partition coefficient (Wildman–Crippen LogP) is 5.58. The molecule has 3 rings (SSSR count). The van der Waals surface area contributed by atoms with Crippen molar-refractivity contribution in [1.29, 1.82) is 0 Å². The second kappa shape index (κ2) is 11.6. The Kier molecular flexibility index (Phi) is 8.64. The van der Waals surface area contributed by atoms with E-state index in [2.05, 4.69) is 41.7 Å². The molecule has 0 saturated heterocycles. The molecule has 1 atom stereocenters. The Bertz CT molecular complexity index is 1000. The fraction of sp³-hybridized carbons (Fsp3) is 0.333. The van der Waals surface area contributed by atoms with Gasteiger partial charge in [0.2, 0.25) is 11.8 Å². The van der Waals surface area contributed by atoms with Crippen LogP contribution >= 0.6 is 0 Å². The average Bonchev–Trinajstić information content (AvgIpc) is 2.83. The molecule has 4 nitrogen and oxygen atoms in total. The van der Waals surface area contributed by atoms with Gasteiger partial charge in [0, 0.05) is 24.4 Å². The summed E-state index contributed by atoms with van der Waals surface area (Å²) in [6.07, 6.45) is 0.997. The Morgan fingerprint density at radius 1 is 0.794 bits per heavy atom.